The molecule has 1 fully saturated rings. The lowest BCUT2D eigenvalue weighted by atomic mass is 9.79. The lowest BCUT2D eigenvalue weighted by molar-refractivity contribution is -0.0844. The van der Waals surface area contributed by atoms with Crippen molar-refractivity contribution in [2.45, 2.75) is 24.9 Å². The van der Waals surface area contributed by atoms with Gasteiger partial charge in [0.1, 0.15) is 5.60 Å². The fourth-order valence-corrected chi connectivity index (χ4v) is 1.52. The Labute approximate surface area is 69.1 Å². The Kier molecular flexibility index (Phi) is 1.54. The van der Waals surface area contributed by atoms with E-state index in [-0.39, 0.29) is 11.3 Å². The summed E-state index contributed by atoms with van der Waals surface area (Å²) in [7, 11) is 1.64. The average Bonchev–Trinajstić information content (AvgIpc) is 2.35. The quantitative estimate of drug-likeness (QED) is 0.660. The second kappa shape index (κ2) is 2.45. The van der Waals surface area contributed by atoms with Gasteiger partial charge in [-0.3, -0.25) is 4.98 Å². The summed E-state index contributed by atoms with van der Waals surface area (Å²) in [6, 6.07) is 0. The Bertz CT molecular complexity index is 318. The zero-order valence-corrected chi connectivity index (χ0v) is 6.89. The van der Waals surface area contributed by atoms with Crippen LogP contribution in [0.15, 0.2) is 4.79 Å². The molecule has 0 saturated heterocycles. The van der Waals surface area contributed by atoms with Gasteiger partial charge < -0.3 is 4.74 Å². The second-order valence-corrected chi connectivity index (χ2v) is 3.08. The van der Waals surface area contributed by atoms with Gasteiger partial charge in [-0.15, -0.1) is 0 Å². The minimum atomic E-state index is -0.320. The van der Waals surface area contributed by atoms with Gasteiger partial charge in [0.25, 0.3) is 0 Å². The molecule has 0 atom stereocenters. The van der Waals surface area contributed by atoms with Crippen molar-refractivity contribution in [3.8, 4) is 0 Å². The van der Waals surface area contributed by atoms with Gasteiger partial charge in [-0.1, -0.05) is 0 Å². The highest BCUT2D eigenvalue weighted by molar-refractivity contribution is 5.05. The highest BCUT2D eigenvalue weighted by atomic mass is 16.5. The summed E-state index contributed by atoms with van der Waals surface area (Å²) in [6.07, 6.45) is 3.00. The molecular formula is C7H11N3O2. The van der Waals surface area contributed by atoms with Gasteiger partial charge in [0, 0.05) is 7.11 Å². The molecule has 1 saturated carbocycles. The van der Waals surface area contributed by atoms with E-state index in [0.29, 0.717) is 5.82 Å². The number of aromatic nitrogens is 3. The van der Waals surface area contributed by atoms with Crippen LogP contribution in [-0.2, 0) is 10.3 Å². The summed E-state index contributed by atoms with van der Waals surface area (Å²) in [5.41, 5.74) is -0.590. The highest BCUT2D eigenvalue weighted by Crippen LogP contribution is 2.41. The maximum absolute atomic E-state index is 10.8. The third-order valence-corrected chi connectivity index (χ3v) is 2.48. The number of nitrogens with zero attached hydrogens (tertiary/aromatic N) is 1. The van der Waals surface area contributed by atoms with Gasteiger partial charge in [0.15, 0.2) is 5.82 Å². The van der Waals surface area contributed by atoms with Gasteiger partial charge in [0.2, 0.25) is 0 Å². The van der Waals surface area contributed by atoms with Crippen molar-refractivity contribution in [3.63, 3.8) is 0 Å². The molecule has 1 aromatic rings. The van der Waals surface area contributed by atoms with Crippen molar-refractivity contribution < 1.29 is 4.74 Å². The van der Waals surface area contributed by atoms with Crippen LogP contribution in [0, 0.1) is 0 Å². The Morgan fingerprint density at radius 1 is 1.58 bits per heavy atom. The zero-order valence-electron chi connectivity index (χ0n) is 6.89. The highest BCUT2D eigenvalue weighted by Gasteiger charge is 2.41. The first-order chi connectivity index (χ1) is 5.77. The molecule has 5 nitrogen and oxygen atoms in total. The minimum Gasteiger partial charge on any atom is -0.370 e. The van der Waals surface area contributed by atoms with Crippen LogP contribution in [0.25, 0.3) is 0 Å². The number of aromatic amines is 2. The molecule has 5 heteroatoms. The van der Waals surface area contributed by atoms with Gasteiger partial charge in [-0.25, -0.2) is 9.89 Å². The standard InChI is InChI=1S/C7H11N3O2/c1-12-7(3-2-4-7)5-8-6(11)10-9-5/h2-4H2,1H3,(H2,8,9,10,11). The van der Waals surface area contributed by atoms with Crippen LogP contribution in [0.1, 0.15) is 25.1 Å². The topological polar surface area (TPSA) is 70.8 Å². The fourth-order valence-electron chi connectivity index (χ4n) is 1.52. The summed E-state index contributed by atoms with van der Waals surface area (Å²) < 4.78 is 5.32. The molecule has 0 amide bonds. The normalized spacial score (nSPS) is 20.4. The maximum Gasteiger partial charge on any atom is 0.340 e. The summed E-state index contributed by atoms with van der Waals surface area (Å²) in [5.74, 6) is 0.626. The number of rotatable bonds is 2. The molecule has 0 radical (unpaired) electrons. The first-order valence-corrected chi connectivity index (χ1v) is 3.97. The molecule has 12 heavy (non-hydrogen) atoms. The lowest BCUT2D eigenvalue weighted by Crippen LogP contribution is -2.37. The first kappa shape index (κ1) is 7.54. The van der Waals surface area contributed by atoms with E-state index < -0.39 is 0 Å². The molecule has 0 aliphatic heterocycles. The summed E-state index contributed by atoms with van der Waals surface area (Å²) in [5, 5.41) is 6.20. The van der Waals surface area contributed by atoms with E-state index in [1.165, 1.54) is 0 Å². The van der Waals surface area contributed by atoms with Gasteiger partial charge in [0.05, 0.1) is 0 Å². The second-order valence-electron chi connectivity index (χ2n) is 3.08. The van der Waals surface area contributed by atoms with E-state index in [9.17, 15) is 4.79 Å². The van der Waals surface area contributed by atoms with Crippen molar-refractivity contribution in [2.24, 2.45) is 0 Å². The van der Waals surface area contributed by atoms with Crippen molar-refractivity contribution >= 4 is 0 Å². The van der Waals surface area contributed by atoms with Crippen molar-refractivity contribution in [1.29, 1.82) is 0 Å². The number of hydrogen-bond acceptors (Lipinski definition) is 3. The van der Waals surface area contributed by atoms with Crippen LogP contribution in [0.3, 0.4) is 0 Å². The first-order valence-electron chi connectivity index (χ1n) is 3.97. The molecule has 1 aliphatic rings. The number of methoxy groups -OCH3 is 1. The Hall–Kier alpha value is -1.10. The monoisotopic (exact) mass is 169 g/mol. The molecule has 0 aromatic carbocycles. The van der Waals surface area contributed by atoms with Gasteiger partial charge in [-0.05, 0) is 19.3 Å². The molecule has 2 rings (SSSR count). The van der Waals surface area contributed by atoms with Crippen LogP contribution >= 0.6 is 0 Å². The number of nitrogens with one attached hydrogen (secondary N) is 2. The largest absolute Gasteiger partial charge is 0.370 e. The van der Waals surface area contributed by atoms with Crippen molar-refractivity contribution in [2.75, 3.05) is 7.11 Å². The lowest BCUT2D eigenvalue weighted by Gasteiger charge is -2.37. The summed E-state index contributed by atoms with van der Waals surface area (Å²) >= 11 is 0. The predicted molar refractivity (Wildman–Crippen MR) is 41.7 cm³/mol. The smallest absolute Gasteiger partial charge is 0.340 e. The van der Waals surface area contributed by atoms with Crippen LogP contribution in [0.5, 0.6) is 0 Å². The summed E-state index contributed by atoms with van der Waals surface area (Å²) in [4.78, 5) is 13.4. The zero-order chi connectivity index (χ0) is 8.60. The Morgan fingerprint density at radius 3 is 2.67 bits per heavy atom. The van der Waals surface area contributed by atoms with Crippen molar-refractivity contribution in [3.05, 3.63) is 16.3 Å². The molecule has 1 aromatic heterocycles. The molecule has 2 N–H and O–H groups in total. The van der Waals surface area contributed by atoms with E-state index in [4.69, 9.17) is 4.74 Å². The van der Waals surface area contributed by atoms with E-state index in [1.807, 2.05) is 0 Å². The summed E-state index contributed by atoms with van der Waals surface area (Å²) in [6.45, 7) is 0. The number of H-pyrrole nitrogens is 2. The number of ether oxygens (including phenoxy) is 1. The molecule has 0 bridgehead atoms. The predicted octanol–water partition coefficient (Wildman–Crippen LogP) is 0.124. The van der Waals surface area contributed by atoms with E-state index >= 15 is 0 Å². The Morgan fingerprint density at radius 2 is 2.33 bits per heavy atom. The fraction of sp³-hybridized carbons (Fsp3) is 0.714. The van der Waals surface area contributed by atoms with Crippen LogP contribution in [0.2, 0.25) is 0 Å². The van der Waals surface area contributed by atoms with E-state index in [1.54, 1.807) is 7.11 Å². The molecule has 66 valence electrons. The third-order valence-electron chi connectivity index (χ3n) is 2.48. The third kappa shape index (κ3) is 0.896. The molecular weight excluding hydrogens is 158 g/mol. The van der Waals surface area contributed by atoms with Gasteiger partial charge in [-0.2, -0.15) is 5.10 Å². The van der Waals surface area contributed by atoms with E-state index in [2.05, 4.69) is 15.2 Å². The minimum absolute atomic E-state index is 0.270. The molecule has 0 unspecified atom stereocenters. The molecule has 0 spiro atoms. The van der Waals surface area contributed by atoms with Gasteiger partial charge >= 0.3 is 5.69 Å². The number of hydrogen-bond donors (Lipinski definition) is 2. The van der Waals surface area contributed by atoms with Crippen LogP contribution in [-0.4, -0.2) is 22.3 Å². The molecule has 1 heterocycles. The molecule has 1 aliphatic carbocycles. The SMILES string of the molecule is COC1(c2n[nH]c(=O)[nH]2)CCC1. The van der Waals surface area contributed by atoms with Crippen LogP contribution < -0.4 is 5.69 Å². The average molecular weight is 169 g/mol. The Balaban J connectivity index is 2.33. The van der Waals surface area contributed by atoms with Crippen LogP contribution in [0.4, 0.5) is 0 Å². The van der Waals surface area contributed by atoms with E-state index in [0.717, 1.165) is 19.3 Å². The maximum atomic E-state index is 10.8. The van der Waals surface area contributed by atoms with Crippen molar-refractivity contribution in [1.82, 2.24) is 15.2 Å².